The molecule has 1 aliphatic heterocycles. The van der Waals surface area contributed by atoms with E-state index in [9.17, 15) is 4.91 Å². The molecule has 0 aromatic rings. The molecule has 3 aliphatic rings. The van der Waals surface area contributed by atoms with Gasteiger partial charge in [-0.15, -0.1) is 4.91 Å². The molecule has 17 heavy (non-hydrogen) atoms. The van der Waals surface area contributed by atoms with Crippen LogP contribution in [0.25, 0.3) is 0 Å². The molecule has 2 aliphatic carbocycles. The first kappa shape index (κ1) is 11.4. The first-order valence-corrected chi connectivity index (χ1v) is 6.82. The zero-order valence-corrected chi connectivity index (χ0v) is 10.2. The molecule has 0 bridgehead atoms. The number of nitrogens with zero attached hydrogens (tertiary/aromatic N) is 2. The van der Waals surface area contributed by atoms with Crippen LogP contribution >= 0.6 is 0 Å². The van der Waals surface area contributed by atoms with Crippen molar-refractivity contribution in [1.82, 2.24) is 5.01 Å². The van der Waals surface area contributed by atoms with E-state index < -0.39 is 11.4 Å². The van der Waals surface area contributed by atoms with Crippen molar-refractivity contribution >= 4 is 0 Å². The number of hydrogen-bond donors (Lipinski definition) is 0. The second kappa shape index (κ2) is 4.21. The van der Waals surface area contributed by atoms with Gasteiger partial charge < -0.3 is 0 Å². The zero-order valence-electron chi connectivity index (χ0n) is 10.2. The summed E-state index contributed by atoms with van der Waals surface area (Å²) in [4.78, 5) is 22.5. The zero-order chi connectivity index (χ0) is 11.8. The maximum Gasteiger partial charge on any atom is 0.196 e. The molecule has 3 rings (SSSR count). The molecule has 0 aromatic carbocycles. The van der Waals surface area contributed by atoms with Crippen LogP contribution in [0.5, 0.6) is 0 Å². The summed E-state index contributed by atoms with van der Waals surface area (Å²) in [5, 5.41) is 4.90. The smallest absolute Gasteiger partial charge is 0.196 e. The normalized spacial score (nSPS) is 30.9. The lowest BCUT2D eigenvalue weighted by Gasteiger charge is -2.40. The van der Waals surface area contributed by atoms with Gasteiger partial charge >= 0.3 is 0 Å². The van der Waals surface area contributed by atoms with Crippen LogP contribution in [-0.2, 0) is 9.78 Å². The average molecular weight is 240 g/mol. The third-order valence-corrected chi connectivity index (χ3v) is 4.48. The Morgan fingerprint density at radius 3 is 1.53 bits per heavy atom. The highest BCUT2D eigenvalue weighted by atomic mass is 17.2. The van der Waals surface area contributed by atoms with Gasteiger partial charge in [-0.1, -0.05) is 12.8 Å². The predicted octanol–water partition coefficient (Wildman–Crippen LogP) is 3.25. The summed E-state index contributed by atoms with van der Waals surface area (Å²) in [5.74, 6) is 0. The minimum Gasteiger partial charge on any atom is -0.204 e. The first-order valence-electron chi connectivity index (χ1n) is 6.82. The fraction of sp³-hybridized carbons (Fsp3) is 1.00. The Labute approximate surface area is 101 Å². The fourth-order valence-corrected chi connectivity index (χ4v) is 3.54. The van der Waals surface area contributed by atoms with Crippen molar-refractivity contribution < 1.29 is 9.78 Å². The Kier molecular flexibility index (Phi) is 2.83. The van der Waals surface area contributed by atoms with Crippen LogP contribution in [-0.4, -0.2) is 16.5 Å². The SMILES string of the molecule is O=NN1C2(CCCCC2)OOC12CCCCC2. The van der Waals surface area contributed by atoms with E-state index in [1.807, 2.05) is 0 Å². The van der Waals surface area contributed by atoms with Crippen molar-refractivity contribution in [3.8, 4) is 0 Å². The molecule has 1 heterocycles. The number of rotatable bonds is 1. The summed E-state index contributed by atoms with van der Waals surface area (Å²) in [6.45, 7) is 0. The third-order valence-electron chi connectivity index (χ3n) is 4.48. The van der Waals surface area contributed by atoms with Gasteiger partial charge in [-0.25, -0.2) is 9.78 Å². The van der Waals surface area contributed by atoms with E-state index in [-0.39, 0.29) is 0 Å². The van der Waals surface area contributed by atoms with Crippen LogP contribution in [0.3, 0.4) is 0 Å². The van der Waals surface area contributed by atoms with Crippen LogP contribution in [0.4, 0.5) is 0 Å². The highest BCUT2D eigenvalue weighted by Crippen LogP contribution is 2.50. The summed E-state index contributed by atoms with van der Waals surface area (Å²) in [6.07, 6.45) is 10.2. The Bertz CT molecular complexity index is 270. The molecule has 0 unspecified atom stereocenters. The lowest BCUT2D eigenvalue weighted by Crippen LogP contribution is -2.53. The molecule has 2 saturated carbocycles. The fourth-order valence-electron chi connectivity index (χ4n) is 3.54. The summed E-state index contributed by atoms with van der Waals surface area (Å²) < 4.78 is 0. The van der Waals surface area contributed by atoms with Gasteiger partial charge in [0.05, 0.1) is 5.29 Å². The van der Waals surface area contributed by atoms with Crippen molar-refractivity contribution in [3.05, 3.63) is 4.91 Å². The maximum absolute atomic E-state index is 11.3. The van der Waals surface area contributed by atoms with E-state index in [4.69, 9.17) is 9.78 Å². The summed E-state index contributed by atoms with van der Waals surface area (Å²) >= 11 is 0. The van der Waals surface area contributed by atoms with E-state index in [1.165, 1.54) is 12.8 Å². The molecule has 0 amide bonds. The Hall–Kier alpha value is -0.680. The molecule has 1 saturated heterocycles. The van der Waals surface area contributed by atoms with Gasteiger partial charge in [-0.05, 0) is 51.4 Å². The third kappa shape index (κ3) is 1.67. The van der Waals surface area contributed by atoms with Crippen molar-refractivity contribution in [1.29, 1.82) is 0 Å². The first-order chi connectivity index (χ1) is 8.31. The van der Waals surface area contributed by atoms with Gasteiger partial charge in [-0.3, -0.25) is 0 Å². The second-order valence-corrected chi connectivity index (χ2v) is 5.57. The molecular formula is C12H20N2O3. The minimum absolute atomic E-state index is 0.558. The van der Waals surface area contributed by atoms with Crippen LogP contribution in [0.2, 0.25) is 0 Å². The lowest BCUT2D eigenvalue weighted by molar-refractivity contribution is -0.358. The monoisotopic (exact) mass is 240 g/mol. The highest BCUT2D eigenvalue weighted by Gasteiger charge is 2.59. The standard InChI is InChI=1S/C12H20N2O3/c15-13-14-11(7-3-1-4-8-11)16-17-12(14)9-5-2-6-10-12/h1-10H2. The molecular weight excluding hydrogens is 220 g/mol. The van der Waals surface area contributed by atoms with Gasteiger partial charge in [0.25, 0.3) is 0 Å². The van der Waals surface area contributed by atoms with Gasteiger partial charge in [0, 0.05) is 0 Å². The van der Waals surface area contributed by atoms with Gasteiger partial charge in [-0.2, -0.15) is 5.01 Å². The minimum atomic E-state index is -0.558. The summed E-state index contributed by atoms with van der Waals surface area (Å²) in [7, 11) is 0. The van der Waals surface area contributed by atoms with E-state index >= 15 is 0 Å². The predicted molar refractivity (Wildman–Crippen MR) is 61.4 cm³/mol. The summed E-state index contributed by atoms with van der Waals surface area (Å²) in [5.41, 5.74) is -1.12. The largest absolute Gasteiger partial charge is 0.204 e. The van der Waals surface area contributed by atoms with Gasteiger partial charge in [0.15, 0.2) is 11.4 Å². The molecule has 3 fully saturated rings. The topological polar surface area (TPSA) is 51.1 Å². The van der Waals surface area contributed by atoms with Crippen molar-refractivity contribution in [2.24, 2.45) is 5.29 Å². The quantitative estimate of drug-likeness (QED) is 0.521. The molecule has 2 spiro atoms. The van der Waals surface area contributed by atoms with Crippen molar-refractivity contribution in [2.45, 2.75) is 75.7 Å². The van der Waals surface area contributed by atoms with Crippen molar-refractivity contribution in [3.63, 3.8) is 0 Å². The van der Waals surface area contributed by atoms with Crippen LogP contribution in [0.1, 0.15) is 64.2 Å². The molecule has 5 heteroatoms. The van der Waals surface area contributed by atoms with Crippen LogP contribution < -0.4 is 0 Å². The van der Waals surface area contributed by atoms with Crippen LogP contribution in [0, 0.1) is 4.91 Å². The summed E-state index contributed by atoms with van der Waals surface area (Å²) in [6, 6.07) is 0. The molecule has 0 N–H and O–H groups in total. The van der Waals surface area contributed by atoms with Crippen LogP contribution in [0.15, 0.2) is 5.29 Å². The number of hydrogen-bond acceptors (Lipinski definition) is 4. The van der Waals surface area contributed by atoms with E-state index in [0.29, 0.717) is 0 Å². The van der Waals surface area contributed by atoms with E-state index in [2.05, 4.69) is 5.29 Å². The second-order valence-electron chi connectivity index (χ2n) is 5.57. The molecule has 5 nitrogen and oxygen atoms in total. The highest BCUT2D eigenvalue weighted by molar-refractivity contribution is 4.95. The Morgan fingerprint density at radius 1 is 0.765 bits per heavy atom. The average Bonchev–Trinajstić information content (AvgIpc) is 2.65. The molecule has 0 radical (unpaired) electrons. The molecule has 0 aromatic heterocycles. The molecule has 0 atom stereocenters. The lowest BCUT2D eigenvalue weighted by atomic mass is 9.86. The Morgan fingerprint density at radius 2 is 1.18 bits per heavy atom. The van der Waals surface area contributed by atoms with E-state index in [1.54, 1.807) is 5.01 Å². The number of nitroso groups, excluding NO2 is 1. The van der Waals surface area contributed by atoms with E-state index in [0.717, 1.165) is 51.4 Å². The Balaban J connectivity index is 1.86. The van der Waals surface area contributed by atoms with Gasteiger partial charge in [0.2, 0.25) is 0 Å². The molecule has 96 valence electrons. The van der Waals surface area contributed by atoms with Gasteiger partial charge in [0.1, 0.15) is 0 Å². The van der Waals surface area contributed by atoms with Crippen molar-refractivity contribution in [2.75, 3.05) is 0 Å². The maximum atomic E-state index is 11.3.